The van der Waals surface area contributed by atoms with Crippen molar-refractivity contribution >= 4 is 35.0 Å². The van der Waals surface area contributed by atoms with E-state index in [0.717, 1.165) is 36.8 Å². The molecule has 1 aliphatic heterocycles. The molecule has 8 heteroatoms. The summed E-state index contributed by atoms with van der Waals surface area (Å²) >= 11 is 7.32. The van der Waals surface area contributed by atoms with E-state index < -0.39 is 5.82 Å². The van der Waals surface area contributed by atoms with Crippen molar-refractivity contribution in [1.29, 1.82) is 0 Å². The van der Waals surface area contributed by atoms with Crippen molar-refractivity contribution in [2.45, 2.75) is 49.6 Å². The quantitative estimate of drug-likeness (QED) is 0.831. The van der Waals surface area contributed by atoms with Gasteiger partial charge in [0.15, 0.2) is 5.16 Å². The van der Waals surface area contributed by atoms with E-state index in [1.165, 1.54) is 36.4 Å². The first-order chi connectivity index (χ1) is 11.5. The average Bonchev–Trinajstić information content (AvgIpc) is 2.78. The molecule has 2 heterocycles. The second-order valence-electron chi connectivity index (χ2n) is 5.73. The van der Waals surface area contributed by atoms with Gasteiger partial charge in [0.05, 0.1) is 16.0 Å². The van der Waals surface area contributed by atoms with Gasteiger partial charge < -0.3 is 9.88 Å². The van der Waals surface area contributed by atoms with E-state index in [1.54, 1.807) is 6.92 Å². The van der Waals surface area contributed by atoms with Gasteiger partial charge in [-0.15, -0.1) is 10.2 Å². The van der Waals surface area contributed by atoms with Crippen LogP contribution in [0, 0.1) is 5.82 Å². The Kier molecular flexibility index (Phi) is 5.40. The minimum atomic E-state index is -0.438. The highest BCUT2D eigenvalue weighted by Crippen LogP contribution is 2.27. The van der Waals surface area contributed by atoms with Gasteiger partial charge in [0.1, 0.15) is 11.6 Å². The molecule has 0 unspecified atom stereocenters. The Bertz CT molecular complexity index is 752. The number of carbonyl (C=O) groups excluding carboxylic acids is 1. The lowest BCUT2D eigenvalue weighted by atomic mass is 10.2. The Morgan fingerprint density at radius 3 is 3.00 bits per heavy atom. The van der Waals surface area contributed by atoms with Crippen LogP contribution in [0.1, 0.15) is 32.0 Å². The second-order valence-corrected chi connectivity index (χ2v) is 7.45. The number of aromatic nitrogens is 3. The highest BCUT2D eigenvalue weighted by Gasteiger charge is 2.21. The zero-order valence-corrected chi connectivity index (χ0v) is 14.8. The van der Waals surface area contributed by atoms with Gasteiger partial charge in [-0.25, -0.2) is 4.39 Å². The lowest BCUT2D eigenvalue weighted by Crippen LogP contribution is -2.23. The molecule has 1 aromatic carbocycles. The van der Waals surface area contributed by atoms with Crippen molar-refractivity contribution in [2.75, 3.05) is 5.32 Å². The molecule has 1 atom stereocenters. The van der Waals surface area contributed by atoms with Crippen LogP contribution in [0.5, 0.6) is 0 Å². The summed E-state index contributed by atoms with van der Waals surface area (Å²) in [6, 6.07) is 3.89. The number of nitrogens with zero attached hydrogens (tertiary/aromatic N) is 3. The summed E-state index contributed by atoms with van der Waals surface area (Å²) in [5.41, 5.74) is 0.399. The summed E-state index contributed by atoms with van der Waals surface area (Å²) in [5, 5.41) is 11.7. The molecule has 0 saturated heterocycles. The number of aryl methyl sites for hydroxylation is 1. The number of thioether (sulfide) groups is 1. The first-order valence-corrected chi connectivity index (χ1v) is 9.15. The van der Waals surface area contributed by atoms with Gasteiger partial charge in [-0.1, -0.05) is 29.8 Å². The van der Waals surface area contributed by atoms with Crippen molar-refractivity contribution < 1.29 is 9.18 Å². The van der Waals surface area contributed by atoms with Crippen LogP contribution in [0.2, 0.25) is 5.02 Å². The van der Waals surface area contributed by atoms with Crippen LogP contribution in [0.15, 0.2) is 23.4 Å². The first-order valence-electron chi connectivity index (χ1n) is 7.89. The maximum atomic E-state index is 13.1. The number of amides is 1. The minimum Gasteiger partial charge on any atom is -0.324 e. The molecule has 0 radical (unpaired) electrons. The van der Waals surface area contributed by atoms with E-state index in [9.17, 15) is 9.18 Å². The topological polar surface area (TPSA) is 59.8 Å². The maximum absolute atomic E-state index is 13.1. The molecule has 1 aliphatic rings. The fourth-order valence-corrected chi connectivity index (χ4v) is 3.69. The van der Waals surface area contributed by atoms with E-state index in [-0.39, 0.29) is 16.2 Å². The SMILES string of the molecule is C[C@H](Sc1nnc2n1CCCCC2)C(=O)Nc1ccc(F)cc1Cl. The molecule has 5 nitrogen and oxygen atoms in total. The fourth-order valence-electron chi connectivity index (χ4n) is 2.58. The standard InChI is InChI=1S/C16H18ClFN4OS/c1-10(15(23)19-13-7-6-11(18)9-12(13)17)24-16-21-20-14-5-3-2-4-8-22(14)16/h6-7,9-10H,2-5,8H2,1H3,(H,19,23)/t10-/m0/s1. The Morgan fingerprint density at radius 2 is 2.21 bits per heavy atom. The van der Waals surface area contributed by atoms with Gasteiger partial charge in [-0.05, 0) is 38.0 Å². The molecule has 24 heavy (non-hydrogen) atoms. The average molecular weight is 369 g/mol. The molecular weight excluding hydrogens is 351 g/mol. The van der Waals surface area contributed by atoms with Gasteiger partial charge >= 0.3 is 0 Å². The lowest BCUT2D eigenvalue weighted by Gasteiger charge is -2.13. The molecule has 2 aromatic rings. The van der Waals surface area contributed by atoms with Gasteiger partial charge in [-0.2, -0.15) is 0 Å². The molecule has 0 spiro atoms. The highest BCUT2D eigenvalue weighted by molar-refractivity contribution is 8.00. The smallest absolute Gasteiger partial charge is 0.237 e. The normalized spacial score (nSPS) is 15.5. The summed E-state index contributed by atoms with van der Waals surface area (Å²) in [6.45, 7) is 2.69. The Hall–Kier alpha value is -1.60. The molecule has 1 N–H and O–H groups in total. The lowest BCUT2D eigenvalue weighted by molar-refractivity contribution is -0.115. The number of rotatable bonds is 4. The van der Waals surface area contributed by atoms with Crippen LogP contribution in [-0.4, -0.2) is 25.9 Å². The summed E-state index contributed by atoms with van der Waals surface area (Å²) in [5.74, 6) is 0.343. The minimum absolute atomic E-state index is 0.178. The van der Waals surface area contributed by atoms with E-state index in [2.05, 4.69) is 20.1 Å². The summed E-state index contributed by atoms with van der Waals surface area (Å²) in [4.78, 5) is 12.4. The molecule has 1 amide bonds. The van der Waals surface area contributed by atoms with Gasteiger partial charge in [0.25, 0.3) is 0 Å². The van der Waals surface area contributed by atoms with Crippen LogP contribution in [-0.2, 0) is 17.8 Å². The number of halogens is 2. The highest BCUT2D eigenvalue weighted by atomic mass is 35.5. The van der Waals surface area contributed by atoms with Crippen molar-refractivity contribution in [3.8, 4) is 0 Å². The van der Waals surface area contributed by atoms with Crippen molar-refractivity contribution in [3.05, 3.63) is 34.9 Å². The summed E-state index contributed by atoms with van der Waals surface area (Å²) < 4.78 is 15.2. The van der Waals surface area contributed by atoms with E-state index >= 15 is 0 Å². The molecule has 3 rings (SSSR count). The Morgan fingerprint density at radius 1 is 1.38 bits per heavy atom. The van der Waals surface area contributed by atoms with Crippen molar-refractivity contribution in [1.82, 2.24) is 14.8 Å². The maximum Gasteiger partial charge on any atom is 0.237 e. The van der Waals surface area contributed by atoms with E-state index in [0.29, 0.717) is 5.69 Å². The predicted molar refractivity (Wildman–Crippen MR) is 92.9 cm³/mol. The van der Waals surface area contributed by atoms with E-state index in [1.807, 2.05) is 0 Å². The second kappa shape index (κ2) is 7.53. The van der Waals surface area contributed by atoms with Crippen LogP contribution < -0.4 is 5.32 Å². The Balaban J connectivity index is 1.67. The molecule has 128 valence electrons. The van der Waals surface area contributed by atoms with E-state index in [4.69, 9.17) is 11.6 Å². The molecule has 1 aromatic heterocycles. The van der Waals surface area contributed by atoms with Crippen LogP contribution in [0.25, 0.3) is 0 Å². The third kappa shape index (κ3) is 3.89. The number of hydrogen-bond donors (Lipinski definition) is 1. The first kappa shape index (κ1) is 17.2. The van der Waals surface area contributed by atoms with Crippen LogP contribution >= 0.6 is 23.4 Å². The fraction of sp³-hybridized carbons (Fsp3) is 0.438. The third-order valence-electron chi connectivity index (χ3n) is 3.92. The molecule has 0 saturated carbocycles. The van der Waals surface area contributed by atoms with Crippen LogP contribution in [0.3, 0.4) is 0 Å². The van der Waals surface area contributed by atoms with Crippen molar-refractivity contribution in [3.63, 3.8) is 0 Å². The van der Waals surface area contributed by atoms with Crippen LogP contribution in [0.4, 0.5) is 10.1 Å². The number of anilines is 1. The third-order valence-corrected chi connectivity index (χ3v) is 5.31. The number of hydrogen-bond acceptors (Lipinski definition) is 4. The van der Waals surface area contributed by atoms with Gasteiger partial charge in [-0.3, -0.25) is 4.79 Å². The number of nitrogens with one attached hydrogen (secondary N) is 1. The Labute approximate surface area is 149 Å². The summed E-state index contributed by atoms with van der Waals surface area (Å²) in [6.07, 6.45) is 4.35. The zero-order chi connectivity index (χ0) is 17.1. The van der Waals surface area contributed by atoms with Gasteiger partial charge in [0, 0.05) is 13.0 Å². The predicted octanol–water partition coefficient (Wildman–Crippen LogP) is 3.92. The molecule has 0 aliphatic carbocycles. The van der Waals surface area contributed by atoms with Crippen molar-refractivity contribution in [2.24, 2.45) is 0 Å². The number of fused-ring (bicyclic) bond motifs is 1. The monoisotopic (exact) mass is 368 g/mol. The largest absolute Gasteiger partial charge is 0.324 e. The molecule has 0 fully saturated rings. The van der Waals surface area contributed by atoms with Gasteiger partial charge in [0.2, 0.25) is 5.91 Å². The molecule has 0 bridgehead atoms. The summed E-state index contributed by atoms with van der Waals surface area (Å²) in [7, 11) is 0. The number of benzene rings is 1. The number of carbonyl (C=O) groups is 1. The molecular formula is C16H18ClFN4OS. The zero-order valence-electron chi connectivity index (χ0n) is 13.3.